The van der Waals surface area contributed by atoms with Crippen LogP contribution in [0.15, 0.2) is 12.5 Å². The van der Waals surface area contributed by atoms with Crippen molar-refractivity contribution in [2.45, 2.75) is 56.3 Å². The first-order chi connectivity index (χ1) is 17.1. The molecule has 1 heterocycles. The first-order valence-electron chi connectivity index (χ1n) is 11.1. The highest BCUT2D eigenvalue weighted by Crippen LogP contribution is 2.07. The van der Waals surface area contributed by atoms with Crippen LogP contribution in [0.1, 0.15) is 31.4 Å². The lowest BCUT2D eigenvalue weighted by Crippen LogP contribution is -2.57. The number of carboxylic acid groups (broad SMARTS) is 2. The molecule has 1 aromatic rings. The molecule has 0 bridgehead atoms. The summed E-state index contributed by atoms with van der Waals surface area (Å²) in [5.41, 5.74) is 6.63. The number of carboxylic acids is 2. The summed E-state index contributed by atoms with van der Waals surface area (Å²) in [6.07, 6.45) is 6.58. The van der Waals surface area contributed by atoms with E-state index in [9.17, 15) is 29.1 Å². The van der Waals surface area contributed by atoms with Crippen LogP contribution in [-0.4, -0.2) is 98.0 Å². The van der Waals surface area contributed by atoms with Crippen molar-refractivity contribution >= 4 is 53.2 Å². The van der Waals surface area contributed by atoms with Crippen LogP contribution in [0, 0.1) is 0 Å². The normalized spacial score (nSPS) is 14.2. The standard InChI is InChI=1S/C21H34N6O7S2/c1-35-7-5-14(25-18(30)13(22)9-12-10-23-11-24-12)19(31)26-15(6-8-36-2)20(32)27-16(21(33)34)3-4-17(28)29/h10-11,13-16H,3-9,22H2,1-2H3,(H,23,24)(H,25,30)(H,26,31)(H,27,32)(H,28,29)(H,33,34). The first-order valence-corrected chi connectivity index (χ1v) is 13.9. The van der Waals surface area contributed by atoms with Gasteiger partial charge in [0.1, 0.15) is 18.1 Å². The molecule has 0 saturated carbocycles. The summed E-state index contributed by atoms with van der Waals surface area (Å²) in [5, 5.41) is 25.7. The van der Waals surface area contributed by atoms with Gasteiger partial charge in [0.15, 0.2) is 0 Å². The van der Waals surface area contributed by atoms with Crippen LogP contribution in [0.4, 0.5) is 0 Å². The zero-order chi connectivity index (χ0) is 27.1. The molecule has 15 heteroatoms. The highest BCUT2D eigenvalue weighted by atomic mass is 32.2. The van der Waals surface area contributed by atoms with Gasteiger partial charge in [-0.15, -0.1) is 0 Å². The van der Waals surface area contributed by atoms with Gasteiger partial charge >= 0.3 is 11.9 Å². The molecule has 4 unspecified atom stereocenters. The molecule has 0 spiro atoms. The second kappa shape index (κ2) is 16.8. The predicted molar refractivity (Wildman–Crippen MR) is 137 cm³/mol. The number of rotatable bonds is 18. The van der Waals surface area contributed by atoms with Crippen molar-refractivity contribution in [2.75, 3.05) is 24.0 Å². The molecule has 1 rings (SSSR count). The average Bonchev–Trinajstić information content (AvgIpc) is 3.34. The fourth-order valence-electron chi connectivity index (χ4n) is 3.08. The van der Waals surface area contributed by atoms with Gasteiger partial charge in [-0.05, 0) is 43.3 Å². The molecule has 0 aromatic carbocycles. The number of imidazole rings is 1. The number of carbonyl (C=O) groups excluding carboxylic acids is 3. The van der Waals surface area contributed by atoms with Crippen molar-refractivity contribution < 1.29 is 34.2 Å². The largest absolute Gasteiger partial charge is 0.481 e. The number of aromatic nitrogens is 2. The number of aliphatic carboxylic acids is 2. The van der Waals surface area contributed by atoms with Gasteiger partial charge in [0.05, 0.1) is 12.4 Å². The predicted octanol–water partition coefficient (Wildman–Crippen LogP) is -0.810. The number of hydrogen-bond acceptors (Lipinski definition) is 9. The molecule has 3 amide bonds. The van der Waals surface area contributed by atoms with Crippen molar-refractivity contribution in [1.29, 1.82) is 0 Å². The van der Waals surface area contributed by atoms with E-state index in [1.54, 1.807) is 6.20 Å². The van der Waals surface area contributed by atoms with E-state index in [1.807, 2.05) is 12.5 Å². The van der Waals surface area contributed by atoms with E-state index in [0.717, 1.165) is 0 Å². The lowest BCUT2D eigenvalue weighted by Gasteiger charge is -2.25. The minimum atomic E-state index is -1.42. The molecule has 0 aliphatic carbocycles. The third-order valence-corrected chi connectivity index (χ3v) is 6.37. The van der Waals surface area contributed by atoms with Gasteiger partial charge < -0.3 is 36.9 Å². The number of hydrogen-bond donors (Lipinski definition) is 7. The summed E-state index contributed by atoms with van der Waals surface area (Å²) in [6, 6.07) is -4.40. The highest BCUT2D eigenvalue weighted by molar-refractivity contribution is 7.98. The number of nitrogens with zero attached hydrogens (tertiary/aromatic N) is 1. The Hall–Kier alpha value is -2.78. The number of H-pyrrole nitrogens is 1. The molecule has 202 valence electrons. The first kappa shape index (κ1) is 31.3. The number of nitrogens with two attached hydrogens (primary N) is 1. The Morgan fingerprint density at radius 3 is 1.89 bits per heavy atom. The van der Waals surface area contributed by atoms with Crippen molar-refractivity contribution in [3.8, 4) is 0 Å². The maximum atomic E-state index is 13.1. The topological polar surface area (TPSA) is 217 Å². The summed E-state index contributed by atoms with van der Waals surface area (Å²) in [4.78, 5) is 67.5. The number of nitrogens with one attached hydrogen (secondary N) is 4. The van der Waals surface area contributed by atoms with Crippen LogP contribution in [0.5, 0.6) is 0 Å². The Bertz CT molecular complexity index is 871. The summed E-state index contributed by atoms with van der Waals surface area (Å²) in [7, 11) is 0. The van der Waals surface area contributed by atoms with Crippen molar-refractivity contribution in [3.63, 3.8) is 0 Å². The van der Waals surface area contributed by atoms with Crippen molar-refractivity contribution in [2.24, 2.45) is 5.73 Å². The number of carbonyl (C=O) groups is 5. The van der Waals surface area contributed by atoms with Gasteiger partial charge in [0, 0.05) is 24.7 Å². The van der Waals surface area contributed by atoms with Crippen LogP contribution in [0.2, 0.25) is 0 Å². The van der Waals surface area contributed by atoms with E-state index < -0.39 is 60.2 Å². The van der Waals surface area contributed by atoms with Gasteiger partial charge in [-0.3, -0.25) is 19.2 Å². The van der Waals surface area contributed by atoms with E-state index in [1.165, 1.54) is 29.9 Å². The minimum absolute atomic E-state index is 0.189. The molecule has 4 atom stereocenters. The minimum Gasteiger partial charge on any atom is -0.481 e. The summed E-state index contributed by atoms with van der Waals surface area (Å²) < 4.78 is 0. The number of aromatic amines is 1. The zero-order valence-corrected chi connectivity index (χ0v) is 21.8. The molecular weight excluding hydrogens is 512 g/mol. The van der Waals surface area contributed by atoms with Gasteiger partial charge in [-0.25, -0.2) is 9.78 Å². The van der Waals surface area contributed by atoms with Gasteiger partial charge in [0.25, 0.3) is 0 Å². The smallest absolute Gasteiger partial charge is 0.326 e. The van der Waals surface area contributed by atoms with Gasteiger partial charge in [-0.1, -0.05) is 0 Å². The summed E-state index contributed by atoms with van der Waals surface area (Å²) in [5.74, 6) is -3.44. The van der Waals surface area contributed by atoms with Gasteiger partial charge in [0.2, 0.25) is 17.7 Å². The van der Waals surface area contributed by atoms with Crippen LogP contribution in [0.3, 0.4) is 0 Å². The Morgan fingerprint density at radius 1 is 0.917 bits per heavy atom. The molecule has 0 aliphatic rings. The van der Waals surface area contributed by atoms with E-state index in [4.69, 9.17) is 10.8 Å². The second-order valence-corrected chi connectivity index (χ2v) is 9.88. The quantitative estimate of drug-likeness (QED) is 0.121. The molecule has 0 aliphatic heterocycles. The van der Waals surface area contributed by atoms with E-state index in [0.29, 0.717) is 17.2 Å². The van der Waals surface area contributed by atoms with E-state index in [2.05, 4.69) is 25.9 Å². The summed E-state index contributed by atoms with van der Waals surface area (Å²) >= 11 is 2.90. The highest BCUT2D eigenvalue weighted by Gasteiger charge is 2.30. The molecular formula is C21H34N6O7S2. The fourth-order valence-corrected chi connectivity index (χ4v) is 4.03. The summed E-state index contributed by atoms with van der Waals surface area (Å²) in [6.45, 7) is 0. The van der Waals surface area contributed by atoms with Crippen molar-refractivity contribution in [1.82, 2.24) is 25.9 Å². The van der Waals surface area contributed by atoms with Gasteiger partial charge in [-0.2, -0.15) is 23.5 Å². The van der Waals surface area contributed by atoms with E-state index >= 15 is 0 Å². The number of thioether (sulfide) groups is 2. The molecule has 0 saturated heterocycles. The monoisotopic (exact) mass is 546 g/mol. The second-order valence-electron chi connectivity index (χ2n) is 7.90. The van der Waals surface area contributed by atoms with Crippen LogP contribution >= 0.6 is 23.5 Å². The Morgan fingerprint density at radius 2 is 1.44 bits per heavy atom. The average molecular weight is 547 g/mol. The van der Waals surface area contributed by atoms with Crippen LogP contribution in [-0.2, 0) is 30.4 Å². The molecule has 13 nitrogen and oxygen atoms in total. The van der Waals surface area contributed by atoms with Crippen molar-refractivity contribution in [3.05, 3.63) is 18.2 Å². The maximum absolute atomic E-state index is 13.1. The Labute approximate surface area is 217 Å². The Kier molecular flexibility index (Phi) is 14.6. The fraction of sp³-hybridized carbons (Fsp3) is 0.619. The molecule has 1 aromatic heterocycles. The molecule has 0 fully saturated rings. The third-order valence-electron chi connectivity index (χ3n) is 5.08. The lowest BCUT2D eigenvalue weighted by molar-refractivity contribution is -0.143. The SMILES string of the molecule is CSCCC(NC(=O)C(N)Cc1cnc[nH]1)C(=O)NC(CCSC)C(=O)NC(CCC(=O)O)C(=O)O. The maximum Gasteiger partial charge on any atom is 0.326 e. The molecule has 36 heavy (non-hydrogen) atoms. The van der Waals surface area contributed by atoms with Crippen LogP contribution < -0.4 is 21.7 Å². The molecule has 0 radical (unpaired) electrons. The Balaban J connectivity index is 2.90. The molecule has 8 N–H and O–H groups in total. The lowest BCUT2D eigenvalue weighted by atomic mass is 10.1. The van der Waals surface area contributed by atoms with Crippen LogP contribution in [0.25, 0.3) is 0 Å². The van der Waals surface area contributed by atoms with E-state index in [-0.39, 0.29) is 25.7 Å². The number of amides is 3. The third kappa shape index (κ3) is 11.8. The zero-order valence-electron chi connectivity index (χ0n) is 20.2.